The predicted octanol–water partition coefficient (Wildman–Crippen LogP) is -0.281. The maximum atomic E-state index is 12.3. The zero-order chi connectivity index (χ0) is 15.8. The molecule has 116 valence electrons. The number of nitro groups is 1. The van der Waals surface area contributed by atoms with E-state index in [4.69, 9.17) is 0 Å². The van der Waals surface area contributed by atoms with E-state index < -0.39 is 36.2 Å². The molecule has 0 unspecified atom stereocenters. The molecule has 0 aliphatic carbocycles. The summed E-state index contributed by atoms with van der Waals surface area (Å²) >= 11 is 0. The van der Waals surface area contributed by atoms with E-state index in [-0.39, 0.29) is 29.5 Å². The Morgan fingerprint density at radius 3 is 2.33 bits per heavy atom. The summed E-state index contributed by atoms with van der Waals surface area (Å²) in [6.07, 6.45) is 0. The first-order chi connectivity index (χ1) is 9.63. The standard InChI is InChI=1S/C10H12N2O7S2/c13-10-2-1-8(7-9(10)12(14)15)21(18,19)11-3-5-20(16,17)6-4-11/h1-2,7,13H,3-6H2. The summed E-state index contributed by atoms with van der Waals surface area (Å²) in [5, 5.41) is 20.0. The first kappa shape index (κ1) is 15.7. The van der Waals surface area contributed by atoms with Crippen molar-refractivity contribution in [3.05, 3.63) is 28.3 Å². The number of phenolic OH excluding ortho intramolecular Hbond substituents is 1. The Bertz CT molecular complexity index is 772. The second kappa shape index (κ2) is 5.24. The molecule has 2 rings (SSSR count). The highest BCUT2D eigenvalue weighted by Crippen LogP contribution is 2.29. The lowest BCUT2D eigenvalue weighted by Gasteiger charge is -2.25. The average Bonchev–Trinajstić information content (AvgIpc) is 2.38. The van der Waals surface area contributed by atoms with Gasteiger partial charge < -0.3 is 5.11 Å². The van der Waals surface area contributed by atoms with Crippen LogP contribution in [0.1, 0.15) is 0 Å². The molecule has 1 aromatic rings. The van der Waals surface area contributed by atoms with E-state index in [1.165, 1.54) is 0 Å². The maximum Gasteiger partial charge on any atom is 0.312 e. The van der Waals surface area contributed by atoms with Crippen molar-refractivity contribution >= 4 is 25.5 Å². The summed E-state index contributed by atoms with van der Waals surface area (Å²) in [4.78, 5) is 9.47. The van der Waals surface area contributed by atoms with Crippen molar-refractivity contribution < 1.29 is 26.9 Å². The van der Waals surface area contributed by atoms with E-state index in [1.54, 1.807) is 0 Å². The van der Waals surface area contributed by atoms with Gasteiger partial charge in [0, 0.05) is 19.2 Å². The van der Waals surface area contributed by atoms with Gasteiger partial charge in [-0.25, -0.2) is 16.8 Å². The number of sulfone groups is 1. The molecule has 21 heavy (non-hydrogen) atoms. The molecule has 0 saturated carbocycles. The number of sulfonamides is 1. The fraction of sp³-hybridized carbons (Fsp3) is 0.400. The topological polar surface area (TPSA) is 135 Å². The lowest BCUT2D eigenvalue weighted by molar-refractivity contribution is -0.386. The van der Waals surface area contributed by atoms with E-state index in [1.807, 2.05) is 0 Å². The number of aromatic hydroxyl groups is 1. The maximum absolute atomic E-state index is 12.3. The Morgan fingerprint density at radius 2 is 1.81 bits per heavy atom. The molecule has 0 aromatic heterocycles. The summed E-state index contributed by atoms with van der Waals surface area (Å²) in [7, 11) is -7.27. The molecule has 11 heteroatoms. The third-order valence-corrected chi connectivity index (χ3v) is 6.59. The number of hydrogen-bond donors (Lipinski definition) is 1. The summed E-state index contributed by atoms with van der Waals surface area (Å²) < 4.78 is 48.2. The third-order valence-electron chi connectivity index (χ3n) is 3.08. The molecule has 1 heterocycles. The zero-order valence-electron chi connectivity index (χ0n) is 10.7. The lowest BCUT2D eigenvalue weighted by Crippen LogP contribution is -2.43. The van der Waals surface area contributed by atoms with E-state index in [0.29, 0.717) is 0 Å². The summed E-state index contributed by atoms with van der Waals surface area (Å²) in [6, 6.07) is 2.72. The van der Waals surface area contributed by atoms with Gasteiger partial charge in [-0.15, -0.1) is 0 Å². The quantitative estimate of drug-likeness (QED) is 0.592. The number of rotatable bonds is 3. The normalized spacial score (nSPS) is 19.2. The van der Waals surface area contributed by atoms with Crippen molar-refractivity contribution in [2.45, 2.75) is 4.90 Å². The van der Waals surface area contributed by atoms with Gasteiger partial charge in [0.05, 0.1) is 21.3 Å². The Hall–Kier alpha value is -1.72. The fourth-order valence-corrected chi connectivity index (χ4v) is 4.79. The largest absolute Gasteiger partial charge is 0.502 e. The van der Waals surface area contributed by atoms with Crippen LogP contribution in [0.15, 0.2) is 23.1 Å². The Morgan fingerprint density at radius 1 is 1.24 bits per heavy atom. The van der Waals surface area contributed by atoms with Gasteiger partial charge in [0.2, 0.25) is 10.0 Å². The molecule has 0 bridgehead atoms. The van der Waals surface area contributed by atoms with Crippen LogP contribution in [0.3, 0.4) is 0 Å². The number of nitro benzene ring substituents is 1. The van der Waals surface area contributed by atoms with E-state index in [2.05, 4.69) is 0 Å². The minimum absolute atomic E-state index is 0.195. The highest BCUT2D eigenvalue weighted by molar-refractivity contribution is 7.92. The first-order valence-corrected chi connectivity index (χ1v) is 9.07. The molecule has 1 fully saturated rings. The Labute approximate surface area is 120 Å². The second-order valence-electron chi connectivity index (χ2n) is 4.46. The number of phenols is 1. The minimum Gasteiger partial charge on any atom is -0.502 e. The van der Waals surface area contributed by atoms with Crippen LogP contribution in [-0.2, 0) is 19.9 Å². The number of benzene rings is 1. The van der Waals surface area contributed by atoms with Crippen LogP contribution >= 0.6 is 0 Å². The van der Waals surface area contributed by atoms with Gasteiger partial charge in [0.15, 0.2) is 15.6 Å². The van der Waals surface area contributed by atoms with Crippen molar-refractivity contribution in [1.82, 2.24) is 4.31 Å². The van der Waals surface area contributed by atoms with Gasteiger partial charge >= 0.3 is 5.69 Å². The highest BCUT2D eigenvalue weighted by atomic mass is 32.2. The second-order valence-corrected chi connectivity index (χ2v) is 8.71. The molecule has 1 N–H and O–H groups in total. The third kappa shape index (κ3) is 3.14. The van der Waals surface area contributed by atoms with Crippen LogP contribution in [0.5, 0.6) is 5.75 Å². The molecule has 1 aliphatic heterocycles. The first-order valence-electron chi connectivity index (χ1n) is 5.81. The summed E-state index contributed by atoms with van der Waals surface area (Å²) in [5.41, 5.74) is -0.722. The Kier molecular flexibility index (Phi) is 3.91. The molecule has 0 radical (unpaired) electrons. The fourth-order valence-electron chi connectivity index (χ4n) is 1.90. The van der Waals surface area contributed by atoms with E-state index in [0.717, 1.165) is 22.5 Å². The van der Waals surface area contributed by atoms with Crippen molar-refractivity contribution in [3.8, 4) is 5.75 Å². The molecule has 1 saturated heterocycles. The van der Waals surface area contributed by atoms with E-state index in [9.17, 15) is 32.1 Å². The number of nitrogens with zero attached hydrogens (tertiary/aromatic N) is 2. The van der Waals surface area contributed by atoms with Gasteiger partial charge in [0.25, 0.3) is 0 Å². The smallest absolute Gasteiger partial charge is 0.312 e. The highest BCUT2D eigenvalue weighted by Gasteiger charge is 2.32. The van der Waals surface area contributed by atoms with Crippen LogP contribution in [0.2, 0.25) is 0 Å². The summed E-state index contributed by atoms with van der Waals surface area (Å²) in [6.45, 7) is -0.390. The monoisotopic (exact) mass is 336 g/mol. The van der Waals surface area contributed by atoms with Crippen molar-refractivity contribution in [3.63, 3.8) is 0 Å². The van der Waals surface area contributed by atoms with Gasteiger partial charge in [-0.1, -0.05) is 0 Å². The molecular formula is C10H12N2O7S2. The van der Waals surface area contributed by atoms with Crippen LogP contribution in [0.25, 0.3) is 0 Å². The lowest BCUT2D eigenvalue weighted by atomic mass is 10.3. The molecule has 1 aromatic carbocycles. The van der Waals surface area contributed by atoms with Crippen molar-refractivity contribution in [2.24, 2.45) is 0 Å². The summed E-state index contributed by atoms with van der Waals surface area (Å²) in [5.74, 6) is -1.21. The SMILES string of the molecule is O=[N+]([O-])c1cc(S(=O)(=O)N2CCS(=O)(=O)CC2)ccc1O. The molecule has 0 atom stereocenters. The Balaban J connectivity index is 2.37. The van der Waals surface area contributed by atoms with Crippen LogP contribution < -0.4 is 0 Å². The minimum atomic E-state index is -4.03. The van der Waals surface area contributed by atoms with Crippen molar-refractivity contribution in [2.75, 3.05) is 24.6 Å². The predicted molar refractivity (Wildman–Crippen MR) is 72.2 cm³/mol. The molecular weight excluding hydrogens is 324 g/mol. The molecule has 0 spiro atoms. The average molecular weight is 336 g/mol. The number of hydrogen-bond acceptors (Lipinski definition) is 7. The molecule has 0 amide bonds. The van der Waals surface area contributed by atoms with E-state index >= 15 is 0 Å². The zero-order valence-corrected chi connectivity index (χ0v) is 12.3. The van der Waals surface area contributed by atoms with Crippen molar-refractivity contribution in [1.29, 1.82) is 0 Å². The van der Waals surface area contributed by atoms with Gasteiger partial charge in [-0.3, -0.25) is 10.1 Å². The van der Waals surface area contributed by atoms with Gasteiger partial charge in [-0.05, 0) is 12.1 Å². The van der Waals surface area contributed by atoms with Crippen LogP contribution in [-0.4, -0.2) is 55.8 Å². The van der Waals surface area contributed by atoms with Crippen LogP contribution in [0, 0.1) is 10.1 Å². The van der Waals surface area contributed by atoms with Gasteiger partial charge in [-0.2, -0.15) is 4.31 Å². The molecule has 9 nitrogen and oxygen atoms in total. The molecule has 1 aliphatic rings. The van der Waals surface area contributed by atoms with Crippen LogP contribution in [0.4, 0.5) is 5.69 Å². The van der Waals surface area contributed by atoms with Gasteiger partial charge in [0.1, 0.15) is 0 Å².